The van der Waals surface area contributed by atoms with Crippen LogP contribution < -0.4 is 0 Å². The second-order valence-corrected chi connectivity index (χ2v) is 3.93. The molecule has 0 radical (unpaired) electrons. The molecule has 0 amide bonds. The topological polar surface area (TPSA) is 32.3 Å². The van der Waals surface area contributed by atoms with Crippen molar-refractivity contribution in [1.82, 2.24) is 19.8 Å². The Labute approximate surface area is 84.6 Å². The van der Waals surface area contributed by atoms with E-state index in [9.17, 15) is 0 Å². The van der Waals surface area contributed by atoms with E-state index in [-0.39, 0.29) is 0 Å². The fraction of sp³-hybridized carbons (Fsp3) is 0.600. The lowest BCUT2D eigenvalue weighted by atomic mass is 10.1. The van der Waals surface area contributed by atoms with Crippen LogP contribution in [0.3, 0.4) is 0 Å². The van der Waals surface area contributed by atoms with Gasteiger partial charge in [-0.05, 0) is 14.1 Å². The summed E-state index contributed by atoms with van der Waals surface area (Å²) in [5.41, 5.74) is 1.21. The third kappa shape index (κ3) is 1.91. The summed E-state index contributed by atoms with van der Waals surface area (Å²) < 4.78 is 0. The Hall–Kier alpha value is -1.00. The maximum atomic E-state index is 4.06. The van der Waals surface area contributed by atoms with E-state index < -0.39 is 0 Å². The molecule has 1 aromatic heterocycles. The van der Waals surface area contributed by atoms with Crippen molar-refractivity contribution in [3.63, 3.8) is 0 Å². The van der Waals surface area contributed by atoms with E-state index in [0.717, 1.165) is 19.6 Å². The third-order valence-corrected chi connectivity index (χ3v) is 2.82. The maximum absolute atomic E-state index is 4.06. The monoisotopic (exact) mass is 192 g/mol. The van der Waals surface area contributed by atoms with Crippen LogP contribution in [0, 0.1) is 0 Å². The van der Waals surface area contributed by atoms with Gasteiger partial charge < -0.3 is 4.90 Å². The predicted octanol–water partition coefficient (Wildman–Crippen LogP) is 0.395. The van der Waals surface area contributed by atoms with Crippen LogP contribution in [0.1, 0.15) is 11.6 Å². The molecule has 76 valence electrons. The van der Waals surface area contributed by atoms with Crippen LogP contribution in [-0.4, -0.2) is 53.5 Å². The predicted molar refractivity (Wildman–Crippen MR) is 54.9 cm³/mol. The Balaban J connectivity index is 2.16. The van der Waals surface area contributed by atoms with Crippen molar-refractivity contribution >= 4 is 0 Å². The smallest absolute Gasteiger partial charge is 0.115 e. The highest BCUT2D eigenvalue weighted by Crippen LogP contribution is 2.21. The molecule has 4 heteroatoms. The summed E-state index contributed by atoms with van der Waals surface area (Å²) in [7, 11) is 4.31. The van der Waals surface area contributed by atoms with Gasteiger partial charge in [-0.3, -0.25) is 4.90 Å². The number of likely N-dealkylation sites (N-methyl/N-ethyl adjacent to an activating group) is 2. The van der Waals surface area contributed by atoms with Crippen LogP contribution in [0.4, 0.5) is 0 Å². The molecule has 1 atom stereocenters. The molecule has 2 heterocycles. The standard InChI is InChI=1S/C10H16N4/c1-13-3-4-14(2)10(7-13)9-5-11-8-12-6-9/h5-6,8,10H,3-4,7H2,1-2H3. The van der Waals surface area contributed by atoms with Crippen molar-refractivity contribution < 1.29 is 0 Å². The van der Waals surface area contributed by atoms with Crippen molar-refractivity contribution in [1.29, 1.82) is 0 Å². The van der Waals surface area contributed by atoms with Gasteiger partial charge in [0.05, 0.1) is 6.04 Å². The lowest BCUT2D eigenvalue weighted by molar-refractivity contribution is 0.114. The Bertz CT molecular complexity index is 287. The van der Waals surface area contributed by atoms with Gasteiger partial charge in [-0.1, -0.05) is 0 Å². The van der Waals surface area contributed by atoms with Gasteiger partial charge in [-0.15, -0.1) is 0 Å². The zero-order valence-corrected chi connectivity index (χ0v) is 8.72. The summed E-state index contributed by atoms with van der Waals surface area (Å²) in [6, 6.07) is 0.440. The molecule has 1 aliphatic heterocycles. The zero-order chi connectivity index (χ0) is 9.97. The highest BCUT2D eigenvalue weighted by Gasteiger charge is 2.23. The minimum absolute atomic E-state index is 0.440. The lowest BCUT2D eigenvalue weighted by Crippen LogP contribution is -2.44. The van der Waals surface area contributed by atoms with E-state index >= 15 is 0 Å². The summed E-state index contributed by atoms with van der Waals surface area (Å²) in [5, 5.41) is 0. The van der Waals surface area contributed by atoms with E-state index in [0.29, 0.717) is 6.04 Å². The Kier molecular flexibility index (Phi) is 2.74. The molecule has 1 unspecified atom stereocenters. The Morgan fingerprint density at radius 2 is 1.93 bits per heavy atom. The van der Waals surface area contributed by atoms with Crippen LogP contribution >= 0.6 is 0 Å². The molecule has 0 spiro atoms. The first kappa shape index (κ1) is 9.55. The van der Waals surface area contributed by atoms with Gasteiger partial charge >= 0.3 is 0 Å². The molecular weight excluding hydrogens is 176 g/mol. The average Bonchev–Trinajstić information content (AvgIpc) is 2.23. The lowest BCUT2D eigenvalue weighted by Gasteiger charge is -2.37. The second-order valence-electron chi connectivity index (χ2n) is 3.93. The van der Waals surface area contributed by atoms with Crippen LogP contribution in [0.15, 0.2) is 18.7 Å². The van der Waals surface area contributed by atoms with Crippen LogP contribution in [0.25, 0.3) is 0 Å². The van der Waals surface area contributed by atoms with Gasteiger partial charge in [0.25, 0.3) is 0 Å². The molecule has 0 saturated carbocycles. The summed E-state index contributed by atoms with van der Waals surface area (Å²) >= 11 is 0. The number of hydrogen-bond acceptors (Lipinski definition) is 4. The summed E-state index contributed by atoms with van der Waals surface area (Å²) in [6.45, 7) is 3.31. The molecule has 1 aromatic rings. The summed E-state index contributed by atoms with van der Waals surface area (Å²) in [4.78, 5) is 12.8. The molecule has 1 saturated heterocycles. The van der Waals surface area contributed by atoms with Crippen LogP contribution in [0.5, 0.6) is 0 Å². The number of nitrogens with zero attached hydrogens (tertiary/aromatic N) is 4. The molecule has 14 heavy (non-hydrogen) atoms. The van der Waals surface area contributed by atoms with Crippen molar-refractivity contribution in [3.05, 3.63) is 24.3 Å². The first-order chi connectivity index (χ1) is 6.77. The number of rotatable bonds is 1. The first-order valence-electron chi connectivity index (χ1n) is 4.91. The van der Waals surface area contributed by atoms with E-state index in [1.807, 2.05) is 12.4 Å². The molecule has 1 aliphatic rings. The summed E-state index contributed by atoms with van der Waals surface area (Å²) in [5.74, 6) is 0. The molecule has 1 fully saturated rings. The molecule has 0 aliphatic carbocycles. The highest BCUT2D eigenvalue weighted by atomic mass is 15.3. The van der Waals surface area contributed by atoms with Gasteiger partial charge in [-0.25, -0.2) is 9.97 Å². The SMILES string of the molecule is CN1CCN(C)C(c2cncnc2)C1. The number of hydrogen-bond donors (Lipinski definition) is 0. The van der Waals surface area contributed by atoms with Crippen molar-refractivity contribution in [2.75, 3.05) is 33.7 Å². The van der Waals surface area contributed by atoms with E-state index in [2.05, 4.69) is 33.9 Å². The largest absolute Gasteiger partial charge is 0.303 e. The third-order valence-electron chi connectivity index (χ3n) is 2.82. The number of aromatic nitrogens is 2. The quantitative estimate of drug-likeness (QED) is 0.644. The average molecular weight is 192 g/mol. The van der Waals surface area contributed by atoms with Crippen LogP contribution in [-0.2, 0) is 0 Å². The summed E-state index contributed by atoms with van der Waals surface area (Å²) in [6.07, 6.45) is 5.40. The highest BCUT2D eigenvalue weighted by molar-refractivity contribution is 5.10. The first-order valence-corrected chi connectivity index (χ1v) is 4.91. The van der Waals surface area contributed by atoms with Crippen molar-refractivity contribution in [3.8, 4) is 0 Å². The Morgan fingerprint density at radius 1 is 1.21 bits per heavy atom. The zero-order valence-electron chi connectivity index (χ0n) is 8.72. The van der Waals surface area contributed by atoms with Gasteiger partial charge in [0.15, 0.2) is 0 Å². The van der Waals surface area contributed by atoms with Gasteiger partial charge in [0, 0.05) is 37.6 Å². The minimum Gasteiger partial charge on any atom is -0.303 e. The maximum Gasteiger partial charge on any atom is 0.115 e. The fourth-order valence-corrected chi connectivity index (χ4v) is 1.85. The molecular formula is C10H16N4. The normalized spacial score (nSPS) is 25.1. The molecule has 0 aromatic carbocycles. The van der Waals surface area contributed by atoms with Crippen molar-refractivity contribution in [2.45, 2.75) is 6.04 Å². The Morgan fingerprint density at radius 3 is 2.64 bits per heavy atom. The van der Waals surface area contributed by atoms with E-state index in [1.54, 1.807) is 6.33 Å². The van der Waals surface area contributed by atoms with Crippen molar-refractivity contribution in [2.24, 2.45) is 0 Å². The second kappa shape index (κ2) is 4.02. The number of piperazine rings is 1. The van der Waals surface area contributed by atoms with Gasteiger partial charge in [0.2, 0.25) is 0 Å². The van der Waals surface area contributed by atoms with Gasteiger partial charge in [-0.2, -0.15) is 0 Å². The molecule has 2 rings (SSSR count). The minimum atomic E-state index is 0.440. The van der Waals surface area contributed by atoms with E-state index in [4.69, 9.17) is 0 Å². The molecule has 0 N–H and O–H groups in total. The molecule has 0 bridgehead atoms. The fourth-order valence-electron chi connectivity index (χ4n) is 1.85. The van der Waals surface area contributed by atoms with E-state index in [1.165, 1.54) is 5.56 Å². The molecule has 4 nitrogen and oxygen atoms in total. The van der Waals surface area contributed by atoms with Gasteiger partial charge in [0.1, 0.15) is 6.33 Å². The van der Waals surface area contributed by atoms with Crippen LogP contribution in [0.2, 0.25) is 0 Å².